The molecule has 0 saturated carbocycles. The molecule has 1 saturated heterocycles. The van der Waals surface area contributed by atoms with Gasteiger partial charge in [-0.2, -0.15) is 4.31 Å². The van der Waals surface area contributed by atoms with Crippen LogP contribution in [-0.2, 0) is 10.0 Å². The van der Waals surface area contributed by atoms with Crippen molar-refractivity contribution in [2.75, 3.05) is 50.8 Å². The van der Waals surface area contributed by atoms with Crippen LogP contribution in [0.4, 0.5) is 5.69 Å². The molecule has 0 atom stereocenters. The molecule has 2 heterocycles. The van der Waals surface area contributed by atoms with Crippen molar-refractivity contribution in [3.63, 3.8) is 0 Å². The summed E-state index contributed by atoms with van der Waals surface area (Å²) in [5.74, 6) is -0.0751. The zero-order valence-electron chi connectivity index (χ0n) is 15.3. The number of quaternary nitrogens is 1. The number of hydrogen-bond donors (Lipinski definition) is 2. The maximum absolute atomic E-state index is 13.3. The summed E-state index contributed by atoms with van der Waals surface area (Å²) in [5.41, 5.74) is 1.35. The molecule has 1 fully saturated rings. The van der Waals surface area contributed by atoms with Gasteiger partial charge in [-0.1, -0.05) is 12.1 Å². The molecule has 0 aliphatic carbocycles. The first kappa shape index (κ1) is 18.4. The molecule has 4 rings (SSSR count). The number of rotatable bonds is 5. The van der Waals surface area contributed by atoms with E-state index in [2.05, 4.69) is 0 Å². The summed E-state index contributed by atoms with van der Waals surface area (Å²) in [6.07, 6.45) is 0. The van der Waals surface area contributed by atoms with E-state index >= 15 is 0 Å². The average molecular weight is 390 g/mol. The Morgan fingerprint density at radius 2 is 1.89 bits per heavy atom. The van der Waals surface area contributed by atoms with E-state index in [9.17, 15) is 13.2 Å². The number of amides is 1. The van der Waals surface area contributed by atoms with Gasteiger partial charge in [0.15, 0.2) is 0 Å². The van der Waals surface area contributed by atoms with Crippen molar-refractivity contribution in [1.29, 1.82) is 0 Å². The summed E-state index contributed by atoms with van der Waals surface area (Å²) in [6.45, 7) is 5.44. The number of sulfonamides is 1. The van der Waals surface area contributed by atoms with Crippen LogP contribution in [0.3, 0.4) is 0 Å². The predicted octanol–water partition coefficient (Wildman–Crippen LogP) is -0.299. The van der Waals surface area contributed by atoms with Crippen LogP contribution in [0.5, 0.6) is 0 Å². The van der Waals surface area contributed by atoms with Gasteiger partial charge in [0.25, 0.3) is 5.91 Å². The van der Waals surface area contributed by atoms with Gasteiger partial charge in [0.1, 0.15) is 6.54 Å². The van der Waals surface area contributed by atoms with E-state index in [0.717, 1.165) is 11.1 Å². The van der Waals surface area contributed by atoms with Gasteiger partial charge in [0, 0.05) is 22.9 Å². The Hall–Kier alpha value is -2.00. The van der Waals surface area contributed by atoms with Crippen LogP contribution in [0.1, 0.15) is 17.3 Å². The predicted molar refractivity (Wildman–Crippen MR) is 103 cm³/mol. The largest absolute Gasteiger partial charge is 0.391 e. The van der Waals surface area contributed by atoms with Crippen molar-refractivity contribution < 1.29 is 23.2 Å². The second-order valence-corrected chi connectivity index (χ2v) is 8.89. The first-order valence-electron chi connectivity index (χ1n) is 9.31. The number of benzene rings is 2. The van der Waals surface area contributed by atoms with Crippen LogP contribution in [-0.4, -0.2) is 69.6 Å². The van der Waals surface area contributed by atoms with Crippen molar-refractivity contribution in [3.8, 4) is 0 Å². The van der Waals surface area contributed by atoms with Gasteiger partial charge in [-0.3, -0.25) is 4.79 Å². The first-order valence-corrected chi connectivity index (χ1v) is 10.7. The van der Waals surface area contributed by atoms with E-state index in [1.165, 1.54) is 9.21 Å². The molecule has 0 aromatic heterocycles. The van der Waals surface area contributed by atoms with Crippen LogP contribution in [0.25, 0.3) is 10.8 Å². The third-order valence-corrected chi connectivity index (χ3v) is 7.53. The molecule has 2 aliphatic heterocycles. The Morgan fingerprint density at radius 1 is 1.15 bits per heavy atom. The number of carbonyl (C=O) groups excluding carboxylic acids is 1. The zero-order chi connectivity index (χ0) is 19.2. The van der Waals surface area contributed by atoms with E-state index in [0.29, 0.717) is 50.2 Å². The summed E-state index contributed by atoms with van der Waals surface area (Å²) >= 11 is 0. The lowest BCUT2D eigenvalue weighted by Gasteiger charge is -2.31. The molecule has 2 aromatic carbocycles. The van der Waals surface area contributed by atoms with E-state index in [4.69, 9.17) is 5.11 Å². The van der Waals surface area contributed by atoms with E-state index in [-0.39, 0.29) is 17.4 Å². The van der Waals surface area contributed by atoms with Crippen molar-refractivity contribution in [2.45, 2.75) is 11.8 Å². The van der Waals surface area contributed by atoms with Gasteiger partial charge in [0.2, 0.25) is 10.0 Å². The van der Waals surface area contributed by atoms with Crippen LogP contribution >= 0.6 is 0 Å². The molecule has 2 N–H and O–H groups in total. The van der Waals surface area contributed by atoms with Crippen LogP contribution < -0.4 is 9.80 Å². The van der Waals surface area contributed by atoms with E-state index in [1.807, 2.05) is 6.92 Å². The standard InChI is InChI=1S/C19H23N3O4S/c1-2-22-16-6-7-17(14-4-3-5-15(18(14)16)19(22)24)27(25,26)21-10-8-20(9-11-21)12-13-23/h3-7,23H,2,8-13H2,1H3/p+1. The quantitative estimate of drug-likeness (QED) is 0.735. The number of anilines is 1. The molecule has 2 aromatic rings. The Labute approximate surface area is 158 Å². The number of aliphatic hydroxyl groups excluding tert-OH is 1. The fourth-order valence-electron chi connectivity index (χ4n) is 4.15. The lowest BCUT2D eigenvalue weighted by atomic mass is 10.1. The van der Waals surface area contributed by atoms with Crippen molar-refractivity contribution in [1.82, 2.24) is 4.31 Å². The second-order valence-electron chi connectivity index (χ2n) is 6.99. The summed E-state index contributed by atoms with van der Waals surface area (Å²) in [7, 11) is -3.65. The minimum Gasteiger partial charge on any atom is -0.391 e. The van der Waals surface area contributed by atoms with Gasteiger partial charge in [-0.25, -0.2) is 8.42 Å². The SMILES string of the molecule is CCN1C(=O)c2cccc3c(S(=O)(=O)N4CC[NH+](CCO)CC4)ccc1c23. The third kappa shape index (κ3) is 2.84. The summed E-state index contributed by atoms with van der Waals surface area (Å²) in [4.78, 5) is 15.8. The Morgan fingerprint density at radius 3 is 2.56 bits per heavy atom. The van der Waals surface area contributed by atoms with Gasteiger partial charge in [0.05, 0.1) is 43.4 Å². The van der Waals surface area contributed by atoms with E-state index in [1.54, 1.807) is 35.2 Å². The molecule has 0 radical (unpaired) electrons. The van der Waals surface area contributed by atoms with E-state index < -0.39 is 10.0 Å². The minimum absolute atomic E-state index is 0.0751. The number of piperazine rings is 1. The molecular weight excluding hydrogens is 366 g/mol. The van der Waals surface area contributed by atoms with Gasteiger partial charge >= 0.3 is 0 Å². The fraction of sp³-hybridized carbons (Fsp3) is 0.421. The maximum atomic E-state index is 13.3. The molecular formula is C19H24N3O4S+. The normalized spacial score (nSPS) is 18.6. The lowest BCUT2D eigenvalue weighted by Crippen LogP contribution is -3.15. The highest BCUT2D eigenvalue weighted by atomic mass is 32.2. The van der Waals surface area contributed by atoms with Crippen LogP contribution in [0.15, 0.2) is 35.2 Å². The molecule has 0 bridgehead atoms. The lowest BCUT2D eigenvalue weighted by molar-refractivity contribution is -0.904. The first-order chi connectivity index (χ1) is 13.0. The minimum atomic E-state index is -3.65. The van der Waals surface area contributed by atoms with Crippen molar-refractivity contribution in [2.24, 2.45) is 0 Å². The van der Waals surface area contributed by atoms with Crippen LogP contribution in [0.2, 0.25) is 0 Å². The Kier molecular flexibility index (Phi) is 4.67. The number of aliphatic hydroxyl groups is 1. The molecule has 27 heavy (non-hydrogen) atoms. The molecule has 144 valence electrons. The molecule has 8 heteroatoms. The average Bonchev–Trinajstić information content (AvgIpc) is 2.96. The topological polar surface area (TPSA) is 82.4 Å². The summed E-state index contributed by atoms with van der Waals surface area (Å²) < 4.78 is 28.1. The fourth-order valence-corrected chi connectivity index (χ4v) is 5.78. The highest BCUT2D eigenvalue weighted by Gasteiger charge is 2.35. The highest BCUT2D eigenvalue weighted by Crippen LogP contribution is 2.40. The number of carbonyl (C=O) groups is 1. The number of nitrogens with one attached hydrogen (secondary N) is 1. The third-order valence-electron chi connectivity index (χ3n) is 5.57. The van der Waals surface area contributed by atoms with Gasteiger partial charge < -0.3 is 14.9 Å². The number of hydrogen-bond acceptors (Lipinski definition) is 4. The molecule has 7 nitrogen and oxygen atoms in total. The molecule has 2 aliphatic rings. The monoisotopic (exact) mass is 390 g/mol. The van der Waals surface area contributed by atoms with Gasteiger partial charge in [-0.15, -0.1) is 0 Å². The Bertz CT molecular complexity index is 997. The second kappa shape index (κ2) is 6.87. The maximum Gasteiger partial charge on any atom is 0.258 e. The molecule has 1 amide bonds. The van der Waals surface area contributed by atoms with Crippen molar-refractivity contribution in [3.05, 3.63) is 35.9 Å². The van der Waals surface area contributed by atoms with Crippen molar-refractivity contribution >= 4 is 32.4 Å². The van der Waals surface area contributed by atoms with Crippen LogP contribution in [0, 0.1) is 0 Å². The highest BCUT2D eigenvalue weighted by molar-refractivity contribution is 7.89. The Balaban J connectivity index is 1.75. The van der Waals surface area contributed by atoms with Gasteiger partial charge in [-0.05, 0) is 25.1 Å². The molecule has 0 unspecified atom stereocenters. The number of nitrogens with zero attached hydrogens (tertiary/aromatic N) is 2. The smallest absolute Gasteiger partial charge is 0.258 e. The zero-order valence-corrected chi connectivity index (χ0v) is 16.1. The molecule has 0 spiro atoms. The summed E-state index contributed by atoms with van der Waals surface area (Å²) in [5, 5.41) is 10.4. The summed E-state index contributed by atoms with van der Waals surface area (Å²) in [6, 6.07) is 8.68.